The minimum absolute atomic E-state index is 0.317. The van der Waals surface area contributed by atoms with Crippen LogP contribution in [0.25, 0.3) is 5.57 Å². The van der Waals surface area contributed by atoms with Crippen LogP contribution in [0.5, 0.6) is 0 Å². The molecule has 4 heteroatoms. The molecule has 0 spiro atoms. The van der Waals surface area contributed by atoms with Gasteiger partial charge in [0.1, 0.15) is 8.65 Å². The van der Waals surface area contributed by atoms with Gasteiger partial charge in [-0.25, -0.2) is 8.78 Å². The summed E-state index contributed by atoms with van der Waals surface area (Å²) < 4.78 is 26.8. The van der Waals surface area contributed by atoms with E-state index in [2.05, 4.69) is 56.1 Å². The van der Waals surface area contributed by atoms with Gasteiger partial charge in [0.25, 0.3) is 5.92 Å². The number of halogens is 4. The molecule has 2 saturated carbocycles. The number of hydrogen-bond acceptors (Lipinski definition) is 0. The monoisotopic (exact) mass is 462 g/mol. The lowest BCUT2D eigenvalue weighted by atomic mass is 9.85. The lowest BCUT2D eigenvalue weighted by Crippen LogP contribution is -2.22. The van der Waals surface area contributed by atoms with Gasteiger partial charge in [0.05, 0.1) is 0 Å². The van der Waals surface area contributed by atoms with Crippen molar-refractivity contribution < 1.29 is 8.78 Å². The third-order valence-electron chi connectivity index (χ3n) is 5.82. The molecule has 2 fully saturated rings. The number of alkyl halides is 4. The molecule has 0 amide bonds. The predicted molar refractivity (Wildman–Crippen MR) is 103 cm³/mol. The van der Waals surface area contributed by atoms with Gasteiger partial charge in [-0.2, -0.15) is 0 Å². The minimum Gasteiger partial charge on any atom is -0.203 e. The van der Waals surface area contributed by atoms with Crippen LogP contribution in [0.1, 0.15) is 11.1 Å². The summed E-state index contributed by atoms with van der Waals surface area (Å²) in [7, 11) is 0. The van der Waals surface area contributed by atoms with Gasteiger partial charge >= 0.3 is 0 Å². The van der Waals surface area contributed by atoms with Crippen molar-refractivity contribution in [2.24, 2.45) is 11.8 Å². The predicted octanol–water partition coefficient (Wildman–Crippen LogP) is 6.22. The molecule has 0 saturated heterocycles. The summed E-state index contributed by atoms with van der Waals surface area (Å²) in [6, 6.07) is 20.1. The largest absolute Gasteiger partial charge is 0.283 e. The van der Waals surface area contributed by atoms with Crippen molar-refractivity contribution in [2.45, 2.75) is 14.6 Å². The maximum absolute atomic E-state index is 14.6. The third kappa shape index (κ3) is 1.66. The van der Waals surface area contributed by atoms with Crippen molar-refractivity contribution in [2.75, 3.05) is 0 Å². The highest BCUT2D eigenvalue weighted by atomic mass is 79.9. The van der Waals surface area contributed by atoms with E-state index in [9.17, 15) is 8.78 Å². The molecule has 25 heavy (non-hydrogen) atoms. The fraction of sp³-hybridized carbons (Fsp3) is 0.238. The van der Waals surface area contributed by atoms with E-state index in [1.807, 2.05) is 48.6 Å². The zero-order valence-corrected chi connectivity index (χ0v) is 16.3. The Morgan fingerprint density at radius 2 is 1.12 bits per heavy atom. The number of benzene rings is 2. The Balaban J connectivity index is 1.78. The quantitative estimate of drug-likeness (QED) is 0.366. The molecule has 0 unspecified atom stereocenters. The summed E-state index contributed by atoms with van der Waals surface area (Å²) in [4.78, 5) is 0. The Bertz CT molecular complexity index is 848. The van der Waals surface area contributed by atoms with Crippen LogP contribution in [0.4, 0.5) is 8.78 Å². The third-order valence-corrected chi connectivity index (χ3v) is 9.58. The van der Waals surface area contributed by atoms with E-state index in [4.69, 9.17) is 0 Å². The van der Waals surface area contributed by atoms with Crippen molar-refractivity contribution >= 4 is 37.4 Å². The fourth-order valence-corrected chi connectivity index (χ4v) is 7.12. The van der Waals surface area contributed by atoms with Crippen molar-refractivity contribution in [3.05, 3.63) is 89.5 Å². The first-order valence-electron chi connectivity index (χ1n) is 8.23. The van der Waals surface area contributed by atoms with Crippen molar-refractivity contribution in [3.8, 4) is 0 Å². The lowest BCUT2D eigenvalue weighted by molar-refractivity contribution is 0.0841. The van der Waals surface area contributed by atoms with Gasteiger partial charge < -0.3 is 0 Å². The van der Waals surface area contributed by atoms with E-state index >= 15 is 0 Å². The Labute approximate surface area is 161 Å². The number of allylic oxidation sites excluding steroid dienone is 3. The van der Waals surface area contributed by atoms with Gasteiger partial charge in [-0.15, -0.1) is 0 Å². The number of hydrogen-bond donors (Lipinski definition) is 0. The molecule has 0 aliphatic heterocycles. The highest BCUT2D eigenvalue weighted by Crippen LogP contribution is 2.86. The first-order chi connectivity index (χ1) is 11.9. The van der Waals surface area contributed by atoms with Crippen LogP contribution in [-0.2, 0) is 0 Å². The van der Waals surface area contributed by atoms with Crippen LogP contribution < -0.4 is 0 Å². The number of fused-ring (bicyclic) bond motifs is 5. The van der Waals surface area contributed by atoms with Crippen LogP contribution in [0.2, 0.25) is 0 Å². The van der Waals surface area contributed by atoms with Gasteiger partial charge in [0.2, 0.25) is 0 Å². The van der Waals surface area contributed by atoms with E-state index in [-0.39, 0.29) is 11.8 Å². The van der Waals surface area contributed by atoms with Crippen molar-refractivity contribution in [1.82, 2.24) is 0 Å². The van der Waals surface area contributed by atoms with E-state index in [0.29, 0.717) is 0 Å². The fourth-order valence-electron chi connectivity index (χ4n) is 4.64. The summed E-state index contributed by atoms with van der Waals surface area (Å²) >= 11 is 6.85. The molecule has 3 aliphatic carbocycles. The maximum atomic E-state index is 14.6. The minimum atomic E-state index is -2.76. The van der Waals surface area contributed by atoms with Gasteiger partial charge in [-0.3, -0.25) is 0 Å². The molecule has 2 bridgehead atoms. The topological polar surface area (TPSA) is 0 Å². The standard InChI is InChI=1S/C21H14Br2F2/c22-19-15-11-12-16(20(19,23)21(19,24)25)18(15)17(13-7-3-1-4-8-13)14-9-5-2-6-10-14/h1-12,15-16H/t15-,16+,19-,20+. The normalized spacial score (nSPS) is 36.4. The first kappa shape index (κ1) is 16.0. The highest BCUT2D eigenvalue weighted by molar-refractivity contribution is 9.13. The van der Waals surface area contributed by atoms with Crippen LogP contribution in [-0.4, -0.2) is 14.6 Å². The van der Waals surface area contributed by atoms with Gasteiger partial charge in [0.15, 0.2) is 0 Å². The van der Waals surface area contributed by atoms with Gasteiger partial charge in [-0.1, -0.05) is 105 Å². The molecule has 2 aromatic carbocycles. The Morgan fingerprint density at radius 1 is 0.720 bits per heavy atom. The number of rotatable bonds is 2. The SMILES string of the molecule is FC1(F)[C@]2(Br)[C@H]3C=C[C@H](C3=C(c3ccccc3)c3ccccc3)[C@]12Br. The van der Waals surface area contributed by atoms with Crippen LogP contribution in [0.3, 0.4) is 0 Å². The highest BCUT2D eigenvalue weighted by Gasteiger charge is 2.98. The zero-order chi connectivity index (χ0) is 17.4. The van der Waals surface area contributed by atoms with E-state index in [1.165, 1.54) is 0 Å². The molecular weight excluding hydrogens is 450 g/mol. The summed E-state index contributed by atoms with van der Waals surface area (Å²) in [6.07, 6.45) is 3.89. The van der Waals surface area contributed by atoms with Crippen molar-refractivity contribution in [1.29, 1.82) is 0 Å². The van der Waals surface area contributed by atoms with E-state index in [1.54, 1.807) is 0 Å². The average molecular weight is 464 g/mol. The molecule has 2 aromatic rings. The maximum Gasteiger partial charge on any atom is 0.283 e. The van der Waals surface area contributed by atoms with Crippen LogP contribution >= 0.6 is 31.9 Å². The van der Waals surface area contributed by atoms with Crippen LogP contribution in [0.15, 0.2) is 78.4 Å². The summed E-state index contributed by atoms with van der Waals surface area (Å²) in [5.74, 6) is -3.40. The summed E-state index contributed by atoms with van der Waals surface area (Å²) in [5, 5.41) is 0. The smallest absolute Gasteiger partial charge is 0.203 e. The van der Waals surface area contributed by atoms with E-state index < -0.39 is 14.6 Å². The molecule has 3 aliphatic rings. The van der Waals surface area contributed by atoms with E-state index in [0.717, 1.165) is 22.3 Å². The zero-order valence-electron chi connectivity index (χ0n) is 13.1. The summed E-state index contributed by atoms with van der Waals surface area (Å²) in [6.45, 7) is 0. The second-order valence-electron chi connectivity index (χ2n) is 6.90. The molecule has 4 atom stereocenters. The second-order valence-corrected chi connectivity index (χ2v) is 9.40. The van der Waals surface area contributed by atoms with Gasteiger partial charge in [-0.05, 0) is 22.3 Å². The molecule has 0 N–H and O–H groups in total. The van der Waals surface area contributed by atoms with Crippen molar-refractivity contribution in [3.63, 3.8) is 0 Å². The second kappa shape index (κ2) is 4.92. The molecule has 5 rings (SSSR count). The molecule has 126 valence electrons. The molecule has 0 heterocycles. The Kier molecular flexibility index (Phi) is 3.14. The van der Waals surface area contributed by atoms with Crippen LogP contribution in [0, 0.1) is 11.8 Å². The Hall–Kier alpha value is -1.26. The Morgan fingerprint density at radius 3 is 1.52 bits per heavy atom. The summed E-state index contributed by atoms with van der Waals surface area (Å²) in [5.41, 5.74) is 4.29. The lowest BCUT2D eigenvalue weighted by Gasteiger charge is -2.23. The van der Waals surface area contributed by atoms with Gasteiger partial charge in [0, 0.05) is 11.8 Å². The average Bonchev–Trinajstić information content (AvgIpc) is 2.95. The molecule has 0 radical (unpaired) electrons. The molecule has 0 nitrogen and oxygen atoms in total. The molecular formula is C21H14Br2F2. The first-order valence-corrected chi connectivity index (χ1v) is 9.82. The molecule has 0 aromatic heterocycles.